The third-order valence-corrected chi connectivity index (χ3v) is 5.43. The van der Waals surface area contributed by atoms with Crippen LogP contribution in [-0.4, -0.2) is 21.7 Å². The van der Waals surface area contributed by atoms with Crippen LogP contribution >= 0.6 is 24.0 Å². The number of rotatable bonds is 7. The monoisotopic (exact) mass is 351 g/mol. The van der Waals surface area contributed by atoms with Gasteiger partial charge in [0.1, 0.15) is 10.1 Å². The fourth-order valence-electron chi connectivity index (χ4n) is 2.57. The van der Waals surface area contributed by atoms with Crippen molar-refractivity contribution in [2.75, 3.05) is 6.54 Å². The number of halogens is 1. The molecule has 124 valence electrons. The quantitative estimate of drug-likeness (QED) is 0.495. The Morgan fingerprint density at radius 3 is 2.74 bits per heavy atom. The highest BCUT2D eigenvalue weighted by molar-refractivity contribution is 8.26. The van der Waals surface area contributed by atoms with E-state index in [4.69, 9.17) is 12.2 Å². The van der Waals surface area contributed by atoms with Crippen LogP contribution in [0.3, 0.4) is 0 Å². The molecule has 1 atom stereocenters. The maximum atomic E-state index is 13.8. The molecule has 1 amide bonds. The second-order valence-corrected chi connectivity index (χ2v) is 7.41. The van der Waals surface area contributed by atoms with E-state index in [0.29, 0.717) is 27.3 Å². The first-order valence-electron chi connectivity index (χ1n) is 8.06. The van der Waals surface area contributed by atoms with Crippen molar-refractivity contribution in [3.05, 3.63) is 40.6 Å². The van der Waals surface area contributed by atoms with E-state index < -0.39 is 0 Å². The molecule has 1 aromatic carbocycles. The summed E-state index contributed by atoms with van der Waals surface area (Å²) in [5, 5.41) is 0. The highest BCUT2D eigenvalue weighted by Crippen LogP contribution is 2.34. The van der Waals surface area contributed by atoms with Crippen LogP contribution in [0.15, 0.2) is 29.2 Å². The summed E-state index contributed by atoms with van der Waals surface area (Å²) in [6.45, 7) is 4.98. The Balaban J connectivity index is 2.12. The van der Waals surface area contributed by atoms with Gasteiger partial charge < -0.3 is 0 Å². The van der Waals surface area contributed by atoms with Gasteiger partial charge in [0.2, 0.25) is 0 Å². The van der Waals surface area contributed by atoms with Crippen molar-refractivity contribution >= 4 is 40.3 Å². The van der Waals surface area contributed by atoms with Gasteiger partial charge in [0.05, 0.1) is 4.91 Å². The van der Waals surface area contributed by atoms with Gasteiger partial charge in [-0.1, -0.05) is 75.3 Å². The zero-order valence-corrected chi connectivity index (χ0v) is 15.2. The number of hydrogen-bond donors (Lipinski definition) is 0. The van der Waals surface area contributed by atoms with Crippen molar-refractivity contribution in [3.8, 4) is 0 Å². The minimum absolute atomic E-state index is 0.0989. The zero-order chi connectivity index (χ0) is 16.8. The molecule has 0 bridgehead atoms. The van der Waals surface area contributed by atoms with Gasteiger partial charge in [-0.2, -0.15) is 0 Å². The van der Waals surface area contributed by atoms with Crippen LogP contribution in [0.5, 0.6) is 0 Å². The van der Waals surface area contributed by atoms with Gasteiger partial charge in [-0.3, -0.25) is 9.69 Å². The third-order valence-electron chi connectivity index (χ3n) is 4.05. The Kier molecular flexibility index (Phi) is 6.78. The molecule has 0 N–H and O–H groups in total. The largest absolute Gasteiger partial charge is 0.293 e. The molecule has 1 aliphatic heterocycles. The van der Waals surface area contributed by atoms with Crippen LogP contribution in [-0.2, 0) is 4.79 Å². The first-order chi connectivity index (χ1) is 11.1. The average molecular weight is 352 g/mol. The molecule has 1 aromatic rings. The molecule has 5 heteroatoms. The second kappa shape index (κ2) is 8.60. The molecule has 1 fully saturated rings. The molecule has 23 heavy (non-hydrogen) atoms. The van der Waals surface area contributed by atoms with Gasteiger partial charge in [0.15, 0.2) is 0 Å². The molecule has 0 unspecified atom stereocenters. The number of nitrogens with zero attached hydrogens (tertiary/aromatic N) is 1. The summed E-state index contributed by atoms with van der Waals surface area (Å²) < 4.78 is 14.3. The molecule has 2 rings (SSSR count). The molecule has 2 nitrogen and oxygen atoms in total. The Morgan fingerprint density at radius 2 is 2.09 bits per heavy atom. The average Bonchev–Trinajstić information content (AvgIpc) is 2.80. The smallest absolute Gasteiger partial charge is 0.266 e. The van der Waals surface area contributed by atoms with Gasteiger partial charge in [-0.25, -0.2) is 4.39 Å². The van der Waals surface area contributed by atoms with Crippen molar-refractivity contribution < 1.29 is 9.18 Å². The SMILES string of the molecule is CCCC[C@@H](CC)CN1C(=O)/C(=C\c2ccccc2F)SC1=S. The number of thiocarbonyl (C=S) groups is 1. The molecule has 0 saturated carbocycles. The number of amides is 1. The van der Waals surface area contributed by atoms with Crippen LogP contribution < -0.4 is 0 Å². The molecular weight excluding hydrogens is 329 g/mol. The molecule has 0 aromatic heterocycles. The lowest BCUT2D eigenvalue weighted by Gasteiger charge is -2.21. The minimum Gasteiger partial charge on any atom is -0.293 e. The third kappa shape index (κ3) is 4.64. The summed E-state index contributed by atoms with van der Waals surface area (Å²) >= 11 is 6.62. The van der Waals surface area contributed by atoms with Gasteiger partial charge in [-0.05, 0) is 24.5 Å². The number of hydrogen-bond acceptors (Lipinski definition) is 3. The van der Waals surface area contributed by atoms with E-state index in [1.54, 1.807) is 29.2 Å². The molecule has 1 aliphatic rings. The first kappa shape index (κ1) is 18.1. The second-order valence-electron chi connectivity index (χ2n) is 5.73. The van der Waals surface area contributed by atoms with Crippen molar-refractivity contribution in [1.29, 1.82) is 0 Å². The maximum Gasteiger partial charge on any atom is 0.266 e. The number of carbonyl (C=O) groups excluding carboxylic acids is 1. The van der Waals surface area contributed by atoms with Crippen LogP contribution in [0.25, 0.3) is 6.08 Å². The van der Waals surface area contributed by atoms with E-state index in [0.717, 1.165) is 19.3 Å². The van der Waals surface area contributed by atoms with Crippen molar-refractivity contribution in [3.63, 3.8) is 0 Å². The summed E-state index contributed by atoms with van der Waals surface area (Å²) in [7, 11) is 0. The maximum absolute atomic E-state index is 13.8. The predicted octanol–water partition coefficient (Wildman–Crippen LogP) is 5.24. The molecule has 0 radical (unpaired) electrons. The van der Waals surface area contributed by atoms with Gasteiger partial charge >= 0.3 is 0 Å². The topological polar surface area (TPSA) is 20.3 Å². The van der Waals surface area contributed by atoms with Gasteiger partial charge in [-0.15, -0.1) is 0 Å². The Bertz CT molecular complexity index is 615. The van der Waals surface area contributed by atoms with Crippen molar-refractivity contribution in [2.45, 2.75) is 39.5 Å². The van der Waals surface area contributed by atoms with Gasteiger partial charge in [0.25, 0.3) is 5.91 Å². The molecule has 0 aliphatic carbocycles. The predicted molar refractivity (Wildman–Crippen MR) is 99.6 cm³/mol. The highest BCUT2D eigenvalue weighted by atomic mass is 32.2. The van der Waals surface area contributed by atoms with E-state index in [2.05, 4.69) is 13.8 Å². The van der Waals surface area contributed by atoms with Gasteiger partial charge in [0, 0.05) is 12.1 Å². The molecule has 0 spiro atoms. The number of unbranched alkanes of at least 4 members (excludes halogenated alkanes) is 1. The summed E-state index contributed by atoms with van der Waals surface area (Å²) in [4.78, 5) is 14.8. The van der Waals surface area contributed by atoms with E-state index in [1.165, 1.54) is 24.2 Å². The lowest BCUT2D eigenvalue weighted by atomic mass is 9.99. The summed E-state index contributed by atoms with van der Waals surface area (Å²) in [6, 6.07) is 6.45. The fraction of sp³-hybridized carbons (Fsp3) is 0.444. The number of carbonyl (C=O) groups is 1. The van der Waals surface area contributed by atoms with E-state index in [1.807, 2.05) is 0 Å². The first-order valence-corrected chi connectivity index (χ1v) is 9.29. The molecule has 1 saturated heterocycles. The Labute approximate surface area is 147 Å². The molecule has 1 heterocycles. The summed E-state index contributed by atoms with van der Waals surface area (Å²) in [5.41, 5.74) is 0.422. The van der Waals surface area contributed by atoms with Crippen LogP contribution in [0.4, 0.5) is 4.39 Å². The highest BCUT2D eigenvalue weighted by Gasteiger charge is 2.33. The lowest BCUT2D eigenvalue weighted by molar-refractivity contribution is -0.122. The normalized spacial score (nSPS) is 18.0. The van der Waals surface area contributed by atoms with Crippen LogP contribution in [0.2, 0.25) is 0 Å². The summed E-state index contributed by atoms with van der Waals surface area (Å²) in [6.07, 6.45) is 6.06. The molecular formula is C18H22FNOS2. The van der Waals surface area contributed by atoms with Crippen LogP contribution in [0.1, 0.15) is 45.1 Å². The Hall–Kier alpha value is -1.20. The van der Waals surface area contributed by atoms with E-state index >= 15 is 0 Å². The zero-order valence-electron chi connectivity index (χ0n) is 13.5. The standard InChI is InChI=1S/C18H22FNOS2/c1-3-5-8-13(4-2)12-20-17(21)16(23-18(20)22)11-14-9-6-7-10-15(14)19/h6-7,9-11,13H,3-5,8,12H2,1-2H3/b16-11+/t13-/m1/s1. The summed E-state index contributed by atoms with van der Waals surface area (Å²) in [5.74, 6) is 0.0376. The van der Waals surface area contributed by atoms with Crippen molar-refractivity contribution in [2.24, 2.45) is 5.92 Å². The van der Waals surface area contributed by atoms with Crippen LogP contribution in [0, 0.1) is 11.7 Å². The Morgan fingerprint density at radius 1 is 1.35 bits per heavy atom. The fourth-order valence-corrected chi connectivity index (χ4v) is 3.83. The number of benzene rings is 1. The van der Waals surface area contributed by atoms with E-state index in [-0.39, 0.29) is 11.7 Å². The number of thioether (sulfide) groups is 1. The van der Waals surface area contributed by atoms with Crippen molar-refractivity contribution in [1.82, 2.24) is 4.90 Å². The minimum atomic E-state index is -0.327. The lowest BCUT2D eigenvalue weighted by Crippen LogP contribution is -2.33. The van der Waals surface area contributed by atoms with E-state index in [9.17, 15) is 9.18 Å².